The van der Waals surface area contributed by atoms with Gasteiger partial charge >= 0.3 is 0 Å². The molecule has 3 unspecified atom stereocenters. The SMILES string of the molecule is CNC(C)c1cccc(S(=O)(=O)NC2CCC(C)C2)c1. The Morgan fingerprint density at radius 1 is 1.30 bits per heavy atom. The van der Waals surface area contributed by atoms with Gasteiger partial charge < -0.3 is 5.32 Å². The summed E-state index contributed by atoms with van der Waals surface area (Å²) in [6, 6.07) is 7.37. The Morgan fingerprint density at radius 2 is 2.05 bits per heavy atom. The molecule has 0 amide bonds. The van der Waals surface area contributed by atoms with Crippen LogP contribution in [0.3, 0.4) is 0 Å². The molecule has 1 aliphatic carbocycles. The Hall–Kier alpha value is -0.910. The van der Waals surface area contributed by atoms with E-state index in [0.717, 1.165) is 24.8 Å². The highest BCUT2D eigenvalue weighted by atomic mass is 32.2. The minimum absolute atomic E-state index is 0.0837. The van der Waals surface area contributed by atoms with Gasteiger partial charge in [0.05, 0.1) is 4.90 Å². The molecule has 0 saturated heterocycles. The van der Waals surface area contributed by atoms with Crippen molar-refractivity contribution in [2.24, 2.45) is 5.92 Å². The van der Waals surface area contributed by atoms with Gasteiger partial charge in [-0.1, -0.05) is 19.1 Å². The molecule has 20 heavy (non-hydrogen) atoms. The van der Waals surface area contributed by atoms with Crippen LogP contribution in [-0.4, -0.2) is 21.5 Å². The summed E-state index contributed by atoms with van der Waals surface area (Å²) in [5, 5.41) is 3.12. The van der Waals surface area contributed by atoms with Crippen molar-refractivity contribution in [3.63, 3.8) is 0 Å². The molecule has 1 fully saturated rings. The van der Waals surface area contributed by atoms with Crippen LogP contribution >= 0.6 is 0 Å². The summed E-state index contributed by atoms with van der Waals surface area (Å²) in [5.74, 6) is 0.610. The summed E-state index contributed by atoms with van der Waals surface area (Å²) in [6.45, 7) is 4.18. The van der Waals surface area contributed by atoms with Crippen LogP contribution in [0.5, 0.6) is 0 Å². The maximum Gasteiger partial charge on any atom is 0.240 e. The summed E-state index contributed by atoms with van der Waals surface area (Å²) in [7, 11) is -1.54. The van der Waals surface area contributed by atoms with Gasteiger partial charge in [0.25, 0.3) is 0 Å². The molecule has 4 nitrogen and oxygen atoms in total. The monoisotopic (exact) mass is 296 g/mol. The van der Waals surface area contributed by atoms with E-state index in [4.69, 9.17) is 0 Å². The lowest BCUT2D eigenvalue weighted by Gasteiger charge is -2.15. The molecule has 0 spiro atoms. The molecular weight excluding hydrogens is 272 g/mol. The molecule has 1 saturated carbocycles. The fourth-order valence-corrected chi connectivity index (χ4v) is 4.06. The lowest BCUT2D eigenvalue weighted by Crippen LogP contribution is -2.33. The van der Waals surface area contributed by atoms with E-state index in [1.54, 1.807) is 18.2 Å². The predicted octanol–water partition coefficient (Wildman–Crippen LogP) is 2.43. The van der Waals surface area contributed by atoms with E-state index in [1.165, 1.54) is 0 Å². The molecule has 3 atom stereocenters. The molecule has 0 aromatic heterocycles. The number of nitrogens with one attached hydrogen (secondary N) is 2. The molecule has 1 aliphatic rings. The van der Waals surface area contributed by atoms with Gasteiger partial charge in [-0.3, -0.25) is 0 Å². The molecule has 2 N–H and O–H groups in total. The van der Waals surface area contributed by atoms with Gasteiger partial charge in [0.15, 0.2) is 0 Å². The van der Waals surface area contributed by atoms with Crippen molar-refractivity contribution >= 4 is 10.0 Å². The van der Waals surface area contributed by atoms with Gasteiger partial charge in [0, 0.05) is 12.1 Å². The first-order valence-electron chi connectivity index (χ1n) is 7.22. The predicted molar refractivity (Wildman–Crippen MR) is 81.0 cm³/mol. The van der Waals surface area contributed by atoms with Crippen LogP contribution in [0.1, 0.15) is 44.7 Å². The molecule has 5 heteroatoms. The highest BCUT2D eigenvalue weighted by molar-refractivity contribution is 7.89. The lowest BCUT2D eigenvalue weighted by atomic mass is 10.1. The van der Waals surface area contributed by atoms with Crippen molar-refractivity contribution in [2.75, 3.05) is 7.05 Å². The third kappa shape index (κ3) is 3.59. The fourth-order valence-electron chi connectivity index (χ4n) is 2.72. The third-order valence-corrected chi connectivity index (χ3v) is 5.64. The second kappa shape index (κ2) is 6.24. The van der Waals surface area contributed by atoms with Crippen LogP contribution in [0, 0.1) is 5.92 Å². The van der Waals surface area contributed by atoms with Gasteiger partial charge in [-0.2, -0.15) is 0 Å². The normalized spacial score (nSPS) is 24.8. The van der Waals surface area contributed by atoms with Gasteiger partial charge in [0.1, 0.15) is 0 Å². The second-order valence-corrected chi connectivity index (χ2v) is 7.53. The second-order valence-electron chi connectivity index (χ2n) is 5.82. The van der Waals surface area contributed by atoms with Crippen LogP contribution in [0.15, 0.2) is 29.2 Å². The molecule has 1 aromatic rings. The van der Waals surface area contributed by atoms with Gasteiger partial charge in [-0.25, -0.2) is 13.1 Å². The summed E-state index contributed by atoms with van der Waals surface area (Å²) >= 11 is 0. The van der Waals surface area contributed by atoms with Crippen molar-refractivity contribution in [3.05, 3.63) is 29.8 Å². The van der Waals surface area contributed by atoms with Gasteiger partial charge in [-0.15, -0.1) is 0 Å². The van der Waals surface area contributed by atoms with Crippen molar-refractivity contribution in [3.8, 4) is 0 Å². The van der Waals surface area contributed by atoms with E-state index in [2.05, 4.69) is 17.0 Å². The first-order chi connectivity index (χ1) is 9.42. The molecule has 2 rings (SSSR count). The Kier molecular flexibility index (Phi) is 4.83. The van der Waals surface area contributed by atoms with Gasteiger partial charge in [-0.05, 0) is 56.8 Å². The average Bonchev–Trinajstić information content (AvgIpc) is 2.82. The maximum atomic E-state index is 12.4. The van der Waals surface area contributed by atoms with Crippen molar-refractivity contribution in [1.29, 1.82) is 0 Å². The molecule has 0 heterocycles. The molecule has 0 bridgehead atoms. The Labute approximate surface area is 122 Å². The zero-order chi connectivity index (χ0) is 14.8. The molecular formula is C15H24N2O2S. The first-order valence-corrected chi connectivity index (χ1v) is 8.70. The lowest BCUT2D eigenvalue weighted by molar-refractivity contribution is 0.538. The molecule has 0 radical (unpaired) electrons. The zero-order valence-corrected chi connectivity index (χ0v) is 13.2. The number of hydrogen-bond acceptors (Lipinski definition) is 3. The van der Waals surface area contributed by atoms with Crippen LogP contribution in [0.2, 0.25) is 0 Å². The maximum absolute atomic E-state index is 12.4. The van der Waals surface area contributed by atoms with Crippen molar-refractivity contribution in [1.82, 2.24) is 10.0 Å². The van der Waals surface area contributed by atoms with Crippen molar-refractivity contribution < 1.29 is 8.42 Å². The smallest absolute Gasteiger partial charge is 0.240 e. The third-order valence-electron chi connectivity index (χ3n) is 4.12. The number of rotatable bonds is 5. The topological polar surface area (TPSA) is 58.2 Å². The fraction of sp³-hybridized carbons (Fsp3) is 0.600. The van der Waals surface area contributed by atoms with E-state index < -0.39 is 10.0 Å². The summed E-state index contributed by atoms with van der Waals surface area (Å²) < 4.78 is 27.7. The number of hydrogen-bond donors (Lipinski definition) is 2. The zero-order valence-electron chi connectivity index (χ0n) is 12.4. The highest BCUT2D eigenvalue weighted by Crippen LogP contribution is 2.26. The first kappa shape index (κ1) is 15.5. The minimum atomic E-state index is -3.41. The summed E-state index contributed by atoms with van der Waals surface area (Å²) in [4.78, 5) is 0.358. The van der Waals surface area contributed by atoms with E-state index in [1.807, 2.05) is 20.0 Å². The molecule has 112 valence electrons. The Bertz CT molecular complexity index is 557. The van der Waals surface area contributed by atoms with E-state index in [9.17, 15) is 8.42 Å². The van der Waals surface area contributed by atoms with Crippen LogP contribution in [0.25, 0.3) is 0 Å². The van der Waals surface area contributed by atoms with Crippen LogP contribution in [-0.2, 0) is 10.0 Å². The molecule has 1 aromatic carbocycles. The Morgan fingerprint density at radius 3 is 2.65 bits per heavy atom. The van der Waals surface area contributed by atoms with Crippen LogP contribution < -0.4 is 10.0 Å². The standard InChI is InChI=1S/C15H24N2O2S/c1-11-7-8-14(9-11)17-20(18,19)15-6-4-5-13(10-15)12(2)16-3/h4-6,10-12,14,16-17H,7-9H2,1-3H3. The summed E-state index contributed by atoms with van der Waals surface area (Å²) in [5.41, 5.74) is 0.982. The van der Waals surface area contributed by atoms with Crippen LogP contribution in [0.4, 0.5) is 0 Å². The van der Waals surface area contributed by atoms with E-state index in [-0.39, 0.29) is 12.1 Å². The Balaban J connectivity index is 2.17. The number of benzene rings is 1. The number of sulfonamides is 1. The van der Waals surface area contributed by atoms with E-state index in [0.29, 0.717) is 10.8 Å². The largest absolute Gasteiger partial charge is 0.313 e. The van der Waals surface area contributed by atoms with E-state index >= 15 is 0 Å². The quantitative estimate of drug-likeness (QED) is 0.877. The average molecular weight is 296 g/mol. The van der Waals surface area contributed by atoms with Gasteiger partial charge in [0.2, 0.25) is 10.0 Å². The minimum Gasteiger partial charge on any atom is -0.313 e. The molecule has 0 aliphatic heterocycles. The highest BCUT2D eigenvalue weighted by Gasteiger charge is 2.26. The summed E-state index contributed by atoms with van der Waals surface area (Å²) in [6.07, 6.45) is 2.98. The van der Waals surface area contributed by atoms with Crippen molar-refractivity contribution in [2.45, 2.75) is 50.1 Å².